The number of carbonyl (C=O) groups is 1. The molecule has 0 aliphatic carbocycles. The monoisotopic (exact) mass is 464 g/mol. The molecule has 1 aromatic carbocycles. The lowest BCUT2D eigenvalue weighted by molar-refractivity contribution is -0.139. The highest BCUT2D eigenvalue weighted by Crippen LogP contribution is 2.36. The van der Waals surface area contributed by atoms with E-state index in [1.807, 2.05) is 13.8 Å². The summed E-state index contributed by atoms with van der Waals surface area (Å²) in [5, 5.41) is 0. The highest BCUT2D eigenvalue weighted by molar-refractivity contribution is 9.10. The first-order chi connectivity index (χ1) is 12.6. The Hall–Kier alpha value is -1.54. The van der Waals surface area contributed by atoms with Gasteiger partial charge in [-0.15, -0.1) is 11.3 Å². The molecule has 1 aromatic heterocycles. The second-order valence-corrected chi connectivity index (χ2v) is 7.96. The molecule has 2 aromatic rings. The molecule has 0 bridgehead atoms. The lowest BCUT2D eigenvalue weighted by atomic mass is 10.1. The molecule has 0 amide bonds. The zero-order valence-corrected chi connectivity index (χ0v) is 17.6. The Morgan fingerprint density at radius 3 is 2.41 bits per heavy atom. The quantitative estimate of drug-likeness (QED) is 0.424. The van der Waals surface area contributed by atoms with Gasteiger partial charge in [0.05, 0.1) is 6.61 Å². The number of ether oxygens (including phenoxy) is 2. The summed E-state index contributed by atoms with van der Waals surface area (Å²) in [6.07, 6.45) is -6.30. The van der Waals surface area contributed by atoms with Crippen LogP contribution < -0.4 is 4.74 Å². The topological polar surface area (TPSA) is 35.5 Å². The van der Waals surface area contributed by atoms with Crippen molar-refractivity contribution in [2.45, 2.75) is 45.9 Å². The smallest absolute Gasteiger partial charge is 0.389 e. The molecule has 0 saturated carbocycles. The largest absolute Gasteiger partial charge is 0.485 e. The van der Waals surface area contributed by atoms with Crippen molar-refractivity contribution in [1.29, 1.82) is 0 Å². The summed E-state index contributed by atoms with van der Waals surface area (Å²) in [7, 11) is 0. The molecule has 27 heavy (non-hydrogen) atoms. The molecule has 1 unspecified atom stereocenters. The fraction of sp³-hybridized carbons (Fsp3) is 0.421. The maximum Gasteiger partial charge on any atom is 0.389 e. The number of alkyl halides is 3. The van der Waals surface area contributed by atoms with Crippen LogP contribution in [0, 0.1) is 13.8 Å². The van der Waals surface area contributed by atoms with Gasteiger partial charge in [-0.05, 0) is 62.6 Å². The van der Waals surface area contributed by atoms with Crippen molar-refractivity contribution in [3.05, 3.63) is 49.6 Å². The van der Waals surface area contributed by atoms with E-state index < -0.39 is 24.7 Å². The molecule has 3 nitrogen and oxygen atoms in total. The summed E-state index contributed by atoms with van der Waals surface area (Å²) < 4.78 is 50.0. The maximum absolute atomic E-state index is 12.8. The minimum absolute atomic E-state index is 0.234. The molecular weight excluding hydrogens is 445 g/mol. The van der Waals surface area contributed by atoms with E-state index in [-0.39, 0.29) is 13.0 Å². The molecule has 0 aliphatic heterocycles. The second kappa shape index (κ2) is 9.10. The molecule has 0 fully saturated rings. The lowest BCUT2D eigenvalue weighted by Crippen LogP contribution is -2.13. The summed E-state index contributed by atoms with van der Waals surface area (Å²) in [5.41, 5.74) is 1.86. The van der Waals surface area contributed by atoms with Gasteiger partial charge >= 0.3 is 12.1 Å². The van der Waals surface area contributed by atoms with Gasteiger partial charge in [-0.2, -0.15) is 13.2 Å². The van der Waals surface area contributed by atoms with Gasteiger partial charge in [0, 0.05) is 15.8 Å². The van der Waals surface area contributed by atoms with E-state index in [9.17, 15) is 18.0 Å². The summed E-state index contributed by atoms with van der Waals surface area (Å²) >= 11 is 4.56. The Balaban J connectivity index is 2.27. The van der Waals surface area contributed by atoms with Crippen molar-refractivity contribution in [2.24, 2.45) is 0 Å². The average Bonchev–Trinajstić information content (AvgIpc) is 3.05. The van der Waals surface area contributed by atoms with Gasteiger partial charge < -0.3 is 9.47 Å². The third kappa shape index (κ3) is 6.24. The zero-order chi connectivity index (χ0) is 20.2. The molecule has 8 heteroatoms. The van der Waals surface area contributed by atoms with Gasteiger partial charge in [-0.25, -0.2) is 4.79 Å². The molecule has 1 heterocycles. The fourth-order valence-corrected chi connectivity index (χ4v) is 3.72. The summed E-state index contributed by atoms with van der Waals surface area (Å²) in [5.74, 6) is 0.00473. The van der Waals surface area contributed by atoms with Gasteiger partial charge in [0.1, 0.15) is 16.7 Å². The minimum Gasteiger partial charge on any atom is -0.485 e. The van der Waals surface area contributed by atoms with Gasteiger partial charge in [0.15, 0.2) is 0 Å². The maximum atomic E-state index is 12.8. The molecule has 2 rings (SSSR count). The van der Waals surface area contributed by atoms with Crippen molar-refractivity contribution >= 4 is 33.2 Å². The van der Waals surface area contributed by atoms with Crippen molar-refractivity contribution in [1.82, 2.24) is 0 Å². The zero-order valence-electron chi connectivity index (χ0n) is 15.2. The van der Waals surface area contributed by atoms with Crippen molar-refractivity contribution in [3.8, 4) is 5.75 Å². The highest BCUT2D eigenvalue weighted by Gasteiger charge is 2.30. The number of rotatable bonds is 7. The predicted octanol–water partition coefficient (Wildman–Crippen LogP) is 6.77. The van der Waals surface area contributed by atoms with Crippen LogP contribution in [0.15, 0.2) is 28.7 Å². The predicted molar refractivity (Wildman–Crippen MR) is 103 cm³/mol. The van der Waals surface area contributed by atoms with Gasteiger partial charge in [0.25, 0.3) is 0 Å². The lowest BCUT2D eigenvalue weighted by Gasteiger charge is -2.20. The molecular formula is C19H20BrF3O3S. The number of benzene rings is 1. The van der Waals surface area contributed by atoms with Crippen molar-refractivity contribution in [2.75, 3.05) is 6.61 Å². The standard InChI is InChI=1S/C19H20BrF3O3S/c1-4-25-18(24)16-6-5-15(27-16)14(7-8-19(21,22)23)26-13-9-11(2)17(20)12(3)10-13/h5-6,9-10,14H,4,7-8H2,1-3H3. The Bertz CT molecular complexity index is 779. The molecule has 0 saturated heterocycles. The van der Waals surface area contributed by atoms with E-state index in [4.69, 9.17) is 9.47 Å². The van der Waals surface area contributed by atoms with Gasteiger partial charge in [0.2, 0.25) is 0 Å². The van der Waals surface area contributed by atoms with E-state index >= 15 is 0 Å². The van der Waals surface area contributed by atoms with E-state index in [1.165, 1.54) is 0 Å². The first kappa shape index (κ1) is 21.8. The van der Waals surface area contributed by atoms with E-state index in [0.29, 0.717) is 15.5 Å². The third-order valence-corrected chi connectivity index (χ3v) is 6.21. The van der Waals surface area contributed by atoms with Crippen LogP contribution in [0.4, 0.5) is 13.2 Å². The molecule has 148 valence electrons. The molecule has 0 N–H and O–H groups in total. The first-order valence-electron chi connectivity index (χ1n) is 8.37. The summed E-state index contributed by atoms with van der Waals surface area (Å²) in [6, 6.07) is 6.73. The number of hydrogen-bond acceptors (Lipinski definition) is 4. The molecule has 0 aliphatic rings. The fourth-order valence-electron chi connectivity index (χ4n) is 2.53. The number of thiophene rings is 1. The third-order valence-electron chi connectivity index (χ3n) is 3.80. The SMILES string of the molecule is CCOC(=O)c1ccc(C(CCC(F)(F)F)Oc2cc(C)c(Br)c(C)c2)s1. The number of carbonyl (C=O) groups excluding carboxylic acids is 1. The van der Waals surface area contributed by atoms with E-state index in [1.54, 1.807) is 31.2 Å². The number of aryl methyl sites for hydroxylation is 2. The molecule has 0 radical (unpaired) electrons. The van der Waals surface area contributed by atoms with E-state index in [2.05, 4.69) is 15.9 Å². The Labute approximate surface area is 168 Å². The van der Waals surface area contributed by atoms with Crippen LogP contribution in [-0.2, 0) is 4.74 Å². The molecule has 0 spiro atoms. The van der Waals surface area contributed by atoms with Crippen molar-refractivity contribution < 1.29 is 27.4 Å². The highest BCUT2D eigenvalue weighted by atomic mass is 79.9. The minimum atomic E-state index is -4.28. The van der Waals surface area contributed by atoms with Crippen molar-refractivity contribution in [3.63, 3.8) is 0 Å². The molecule has 1 atom stereocenters. The first-order valence-corrected chi connectivity index (χ1v) is 9.98. The van der Waals surface area contributed by atoms with Crippen LogP contribution >= 0.6 is 27.3 Å². The van der Waals surface area contributed by atoms with Gasteiger partial charge in [-0.1, -0.05) is 15.9 Å². The van der Waals surface area contributed by atoms with Crippen LogP contribution in [0.25, 0.3) is 0 Å². The summed E-state index contributed by atoms with van der Waals surface area (Å²) in [6.45, 7) is 5.70. The number of halogens is 4. The average molecular weight is 465 g/mol. The van der Waals surface area contributed by atoms with Crippen LogP contribution in [-0.4, -0.2) is 18.8 Å². The van der Waals surface area contributed by atoms with Crippen LogP contribution in [0.5, 0.6) is 5.75 Å². The Morgan fingerprint density at radius 1 is 1.22 bits per heavy atom. The van der Waals surface area contributed by atoms with Crippen LogP contribution in [0.1, 0.15) is 51.5 Å². The number of hydrogen-bond donors (Lipinski definition) is 0. The van der Waals surface area contributed by atoms with Crippen LogP contribution in [0.3, 0.4) is 0 Å². The van der Waals surface area contributed by atoms with Gasteiger partial charge in [-0.3, -0.25) is 0 Å². The summed E-state index contributed by atoms with van der Waals surface area (Å²) in [4.78, 5) is 12.7. The van der Waals surface area contributed by atoms with E-state index in [0.717, 1.165) is 26.9 Å². The normalized spacial score (nSPS) is 12.7. The van der Waals surface area contributed by atoms with Crippen LogP contribution in [0.2, 0.25) is 0 Å². The Kier molecular flexibility index (Phi) is 7.33. The second-order valence-electron chi connectivity index (χ2n) is 6.05. The number of esters is 1. The Morgan fingerprint density at radius 2 is 1.85 bits per heavy atom.